The van der Waals surface area contributed by atoms with Gasteiger partial charge in [0.25, 0.3) is 0 Å². The maximum Gasteiger partial charge on any atom is 0.345 e. The summed E-state index contributed by atoms with van der Waals surface area (Å²) in [5.74, 6) is -0.939. The summed E-state index contributed by atoms with van der Waals surface area (Å²) in [5.41, 5.74) is 2.17. The Kier molecular flexibility index (Phi) is 9.75. The van der Waals surface area contributed by atoms with Gasteiger partial charge in [0.1, 0.15) is 4.88 Å². The van der Waals surface area contributed by atoms with E-state index in [2.05, 4.69) is 20.8 Å². The molecule has 0 radical (unpaired) electrons. The van der Waals surface area contributed by atoms with E-state index in [4.69, 9.17) is 16.7 Å². The van der Waals surface area contributed by atoms with Crippen molar-refractivity contribution in [3.63, 3.8) is 0 Å². The third kappa shape index (κ3) is 7.42. The molecule has 2 aromatic carbocycles. The number of hydrogen-bond acceptors (Lipinski definition) is 4. The van der Waals surface area contributed by atoms with Crippen molar-refractivity contribution in [3.8, 4) is 0 Å². The van der Waals surface area contributed by atoms with Crippen LogP contribution in [-0.2, 0) is 28.3 Å². The molecule has 1 heterocycles. The largest absolute Gasteiger partial charge is 0.477 e. The summed E-state index contributed by atoms with van der Waals surface area (Å²) in [5, 5.41) is 9.82. The smallest absolute Gasteiger partial charge is 0.345 e. The van der Waals surface area contributed by atoms with Gasteiger partial charge < -0.3 is 5.11 Å². The average Bonchev–Trinajstić information content (AvgIpc) is 3.32. The van der Waals surface area contributed by atoms with E-state index in [1.807, 2.05) is 36.4 Å². The van der Waals surface area contributed by atoms with Gasteiger partial charge in [-0.2, -0.15) is 4.31 Å². The molecule has 36 heavy (non-hydrogen) atoms. The highest BCUT2D eigenvalue weighted by atomic mass is 35.5. The minimum absolute atomic E-state index is 0.0194. The highest BCUT2D eigenvalue weighted by molar-refractivity contribution is 7.89. The zero-order chi connectivity index (χ0) is 26.3. The number of benzene rings is 2. The minimum Gasteiger partial charge on any atom is -0.477 e. The number of carboxylic acids is 1. The highest BCUT2D eigenvalue weighted by Gasteiger charge is 2.25. The van der Waals surface area contributed by atoms with Crippen molar-refractivity contribution in [3.05, 3.63) is 86.6 Å². The van der Waals surface area contributed by atoms with E-state index >= 15 is 0 Å². The number of carboxylic acid groups (broad SMARTS) is 1. The van der Waals surface area contributed by atoms with E-state index in [1.54, 1.807) is 28.6 Å². The molecule has 0 bridgehead atoms. The van der Waals surface area contributed by atoms with E-state index in [9.17, 15) is 13.2 Å². The standard InChI is InChI=1S/C28H34ClNO4S2/c1-4-28(2,3)22-12-15-25(16-13-22)36(33,34)30(18-6-9-21-8-5-10-23(29)20-21)19-7-11-24-14-17-26(35-24)27(31)32/h5,8,10,12-17,20H,4,6-7,9,11,18-19H2,1-3H3,(H,31,32). The predicted molar refractivity (Wildman–Crippen MR) is 148 cm³/mol. The number of nitrogens with zero attached hydrogens (tertiary/aromatic N) is 1. The van der Waals surface area contributed by atoms with Gasteiger partial charge in [-0.05, 0) is 85.0 Å². The molecule has 0 amide bonds. The molecule has 0 aliphatic carbocycles. The van der Waals surface area contributed by atoms with E-state index < -0.39 is 16.0 Å². The van der Waals surface area contributed by atoms with Gasteiger partial charge in [-0.1, -0.05) is 56.6 Å². The Morgan fingerprint density at radius 2 is 1.67 bits per heavy atom. The summed E-state index contributed by atoms with van der Waals surface area (Å²) in [7, 11) is -3.68. The van der Waals surface area contributed by atoms with Crippen LogP contribution in [-0.4, -0.2) is 36.9 Å². The van der Waals surface area contributed by atoms with Gasteiger partial charge in [-0.3, -0.25) is 0 Å². The molecule has 8 heteroatoms. The van der Waals surface area contributed by atoms with Crippen LogP contribution >= 0.6 is 22.9 Å². The van der Waals surface area contributed by atoms with Gasteiger partial charge in [0.15, 0.2) is 0 Å². The summed E-state index contributed by atoms with van der Waals surface area (Å²) >= 11 is 7.34. The Hall–Kier alpha value is -2.19. The SMILES string of the molecule is CCC(C)(C)c1ccc(S(=O)(=O)N(CCCc2cccc(Cl)c2)CCCc2ccc(C(=O)O)s2)cc1. The third-order valence-corrected chi connectivity index (χ3v) is 9.90. The second-order valence-electron chi connectivity index (χ2n) is 9.57. The summed E-state index contributed by atoms with van der Waals surface area (Å²) in [6.45, 7) is 7.18. The van der Waals surface area contributed by atoms with Crippen molar-refractivity contribution in [1.29, 1.82) is 0 Å². The van der Waals surface area contributed by atoms with Gasteiger partial charge in [-0.25, -0.2) is 13.2 Å². The molecule has 1 N–H and O–H groups in total. The maximum absolute atomic E-state index is 13.6. The first-order valence-corrected chi connectivity index (χ1v) is 14.8. The lowest BCUT2D eigenvalue weighted by atomic mass is 9.82. The molecule has 3 aromatic rings. The summed E-state index contributed by atoms with van der Waals surface area (Å²) in [6, 6.07) is 18.3. The zero-order valence-electron chi connectivity index (χ0n) is 21.0. The molecule has 0 fully saturated rings. The number of aromatic carboxylic acids is 1. The molecule has 0 saturated heterocycles. The van der Waals surface area contributed by atoms with Crippen LogP contribution in [0, 0.1) is 0 Å². The average molecular weight is 548 g/mol. The summed E-state index contributed by atoms with van der Waals surface area (Å²) < 4.78 is 28.8. The predicted octanol–water partition coefficient (Wildman–Crippen LogP) is 7.04. The van der Waals surface area contributed by atoms with Crippen LogP contribution in [0.5, 0.6) is 0 Å². The minimum atomic E-state index is -3.68. The van der Waals surface area contributed by atoms with Crippen molar-refractivity contribution in [2.24, 2.45) is 0 Å². The van der Waals surface area contributed by atoms with Crippen LogP contribution in [0.15, 0.2) is 65.6 Å². The van der Waals surface area contributed by atoms with Gasteiger partial charge >= 0.3 is 5.97 Å². The van der Waals surface area contributed by atoms with Crippen LogP contribution in [0.2, 0.25) is 5.02 Å². The number of thiophene rings is 1. The number of sulfonamides is 1. The Balaban J connectivity index is 1.74. The first-order valence-electron chi connectivity index (χ1n) is 12.2. The maximum atomic E-state index is 13.6. The summed E-state index contributed by atoms with van der Waals surface area (Å²) in [6.07, 6.45) is 3.59. The van der Waals surface area contributed by atoms with Gasteiger partial charge in [0.2, 0.25) is 10.0 Å². The number of halogens is 1. The topological polar surface area (TPSA) is 74.7 Å². The van der Waals surface area contributed by atoms with Crippen molar-refractivity contribution in [2.45, 2.75) is 63.2 Å². The molecule has 0 atom stereocenters. The molecule has 0 aliphatic heterocycles. The fourth-order valence-electron chi connectivity index (χ4n) is 3.99. The molecular formula is C28H34ClNO4S2. The fraction of sp³-hybridized carbons (Fsp3) is 0.393. The number of carbonyl (C=O) groups is 1. The Bertz CT molecular complexity index is 1270. The normalized spacial score (nSPS) is 12.2. The second kappa shape index (κ2) is 12.4. The van der Waals surface area contributed by atoms with E-state index in [0.717, 1.165) is 28.8 Å². The number of rotatable bonds is 13. The fourth-order valence-corrected chi connectivity index (χ4v) is 6.61. The van der Waals surface area contributed by atoms with E-state index in [0.29, 0.717) is 47.1 Å². The molecule has 1 aromatic heterocycles. The van der Waals surface area contributed by atoms with Crippen LogP contribution in [0.4, 0.5) is 0 Å². The lowest BCUT2D eigenvalue weighted by Crippen LogP contribution is -2.33. The quantitative estimate of drug-likeness (QED) is 0.249. The monoisotopic (exact) mass is 547 g/mol. The molecule has 0 unspecified atom stereocenters. The van der Waals surface area contributed by atoms with Crippen LogP contribution in [0.25, 0.3) is 0 Å². The first kappa shape index (κ1) is 28.4. The molecule has 5 nitrogen and oxygen atoms in total. The Morgan fingerprint density at radius 1 is 1.00 bits per heavy atom. The first-order chi connectivity index (χ1) is 17.0. The molecule has 3 rings (SSSR count). The van der Waals surface area contributed by atoms with Crippen LogP contribution in [0.3, 0.4) is 0 Å². The molecule has 0 aliphatic rings. The lowest BCUT2D eigenvalue weighted by Gasteiger charge is -2.25. The zero-order valence-corrected chi connectivity index (χ0v) is 23.4. The van der Waals surface area contributed by atoms with Crippen LogP contribution in [0.1, 0.15) is 65.7 Å². The molecule has 0 saturated carbocycles. The third-order valence-electron chi connectivity index (χ3n) is 6.62. The van der Waals surface area contributed by atoms with Crippen molar-refractivity contribution < 1.29 is 18.3 Å². The molecule has 0 spiro atoms. The summed E-state index contributed by atoms with van der Waals surface area (Å²) in [4.78, 5) is 12.7. The number of aryl methyl sites for hydroxylation is 2. The van der Waals surface area contributed by atoms with Crippen molar-refractivity contribution >= 4 is 38.9 Å². The van der Waals surface area contributed by atoms with E-state index in [-0.39, 0.29) is 5.41 Å². The van der Waals surface area contributed by atoms with E-state index in [1.165, 1.54) is 11.3 Å². The van der Waals surface area contributed by atoms with Crippen molar-refractivity contribution in [1.82, 2.24) is 4.31 Å². The molecule has 194 valence electrons. The Labute approximate surface area is 223 Å². The molecular weight excluding hydrogens is 514 g/mol. The van der Waals surface area contributed by atoms with Gasteiger partial charge in [-0.15, -0.1) is 11.3 Å². The van der Waals surface area contributed by atoms with Gasteiger partial charge in [0, 0.05) is 23.0 Å². The van der Waals surface area contributed by atoms with Crippen LogP contribution < -0.4 is 0 Å². The number of hydrogen-bond donors (Lipinski definition) is 1. The Morgan fingerprint density at radius 3 is 2.25 bits per heavy atom. The van der Waals surface area contributed by atoms with Crippen molar-refractivity contribution in [2.75, 3.05) is 13.1 Å². The van der Waals surface area contributed by atoms with Gasteiger partial charge in [0.05, 0.1) is 4.90 Å². The highest BCUT2D eigenvalue weighted by Crippen LogP contribution is 2.28. The second-order valence-corrected chi connectivity index (χ2v) is 13.1. The lowest BCUT2D eigenvalue weighted by molar-refractivity contribution is 0.0702.